The Hall–Kier alpha value is -3.12. The SMILES string of the molecule is CCCCC/C=C\C/C=C\CCCCCCCCCC(=O)OC[C@H](COP(=O)(O)OC[C@H](N)C(=O)O)OC(=O)CCC/C=C/C=C\C(O)C/C=C\C/C=C\CCCCC. The minimum absolute atomic E-state index is 0.0211. The quantitative estimate of drug-likeness (QED) is 0.0150. The number of carbonyl (C=O) groups excluding carboxylic acids is 2. The summed E-state index contributed by atoms with van der Waals surface area (Å²) in [4.78, 5) is 46.0. The van der Waals surface area contributed by atoms with Gasteiger partial charge < -0.3 is 30.3 Å². The molecule has 0 bridgehead atoms. The minimum atomic E-state index is -4.76. The van der Waals surface area contributed by atoms with E-state index in [0.717, 1.165) is 51.4 Å². The van der Waals surface area contributed by atoms with Gasteiger partial charge in [-0.3, -0.25) is 23.4 Å². The molecule has 0 aliphatic heterocycles. The molecule has 0 amide bonds. The van der Waals surface area contributed by atoms with Crippen LogP contribution >= 0.6 is 7.82 Å². The summed E-state index contributed by atoms with van der Waals surface area (Å²) in [6.07, 6.45) is 44.2. The molecule has 0 radical (unpaired) electrons. The highest BCUT2D eigenvalue weighted by atomic mass is 31.2. The zero-order valence-electron chi connectivity index (χ0n) is 36.2. The van der Waals surface area contributed by atoms with Gasteiger partial charge in [0.05, 0.1) is 19.3 Å². The van der Waals surface area contributed by atoms with Crippen molar-refractivity contribution in [2.45, 2.75) is 180 Å². The Bertz CT molecular complexity index is 1290. The third-order valence-corrected chi connectivity index (χ3v) is 9.96. The van der Waals surface area contributed by atoms with Gasteiger partial charge in [0.2, 0.25) is 0 Å². The molecule has 5 N–H and O–H groups in total. The molecule has 0 aromatic rings. The van der Waals surface area contributed by atoms with Gasteiger partial charge >= 0.3 is 25.7 Å². The smallest absolute Gasteiger partial charge is 0.472 e. The van der Waals surface area contributed by atoms with Crippen LogP contribution in [0.15, 0.2) is 72.9 Å². The minimum Gasteiger partial charge on any atom is -0.480 e. The Morgan fingerprint density at radius 3 is 1.71 bits per heavy atom. The Labute approximate surface area is 355 Å². The highest BCUT2D eigenvalue weighted by Crippen LogP contribution is 2.43. The molecule has 0 aliphatic rings. The van der Waals surface area contributed by atoms with Crippen LogP contribution in [0.3, 0.4) is 0 Å². The molecule has 0 saturated carbocycles. The Balaban J connectivity index is 4.56. The summed E-state index contributed by atoms with van der Waals surface area (Å²) in [5.41, 5.74) is 5.32. The number of carboxylic acids is 1. The topological polar surface area (TPSA) is 192 Å². The van der Waals surface area contributed by atoms with Crippen molar-refractivity contribution >= 4 is 25.7 Å². The Morgan fingerprint density at radius 1 is 0.610 bits per heavy atom. The third-order valence-electron chi connectivity index (χ3n) is 9.01. The van der Waals surface area contributed by atoms with Gasteiger partial charge in [0.15, 0.2) is 6.10 Å². The van der Waals surface area contributed by atoms with Crippen molar-refractivity contribution in [3.63, 3.8) is 0 Å². The maximum Gasteiger partial charge on any atom is 0.472 e. The fourth-order valence-corrected chi connectivity index (χ4v) is 6.24. The van der Waals surface area contributed by atoms with E-state index < -0.39 is 63.8 Å². The molecule has 4 atom stereocenters. The van der Waals surface area contributed by atoms with E-state index in [4.69, 9.17) is 24.8 Å². The van der Waals surface area contributed by atoms with Crippen molar-refractivity contribution in [2.24, 2.45) is 5.73 Å². The fraction of sp³-hybridized carbons (Fsp3) is 0.674. The van der Waals surface area contributed by atoms with E-state index >= 15 is 0 Å². The maximum atomic E-state index is 12.6. The standard InChI is InChI=1S/C46H78NO11P/c1-3-5-7-9-11-13-14-15-16-17-18-19-20-22-24-28-32-36-44(49)55-38-42(39-56-59(53,54)57-40-43(47)46(51)52)58-45(50)37-33-29-25-27-31-35-41(48)34-30-26-23-21-12-10-8-6-4-2/h11-13,15-16,21,25-27,30-31,35,41-43,48H,3-10,14,17-20,22-24,28-29,32-34,36-40,47H2,1-2H3,(H,51,52)(H,53,54)/b13-11-,16-15-,21-12-,27-25+,30-26-,35-31-/t41?,42-,43+/m1/s1. The van der Waals surface area contributed by atoms with Crippen molar-refractivity contribution < 1.29 is 52.6 Å². The molecular weight excluding hydrogens is 773 g/mol. The van der Waals surface area contributed by atoms with E-state index in [1.807, 2.05) is 18.2 Å². The zero-order chi connectivity index (χ0) is 43.7. The Morgan fingerprint density at radius 2 is 1.12 bits per heavy atom. The lowest BCUT2D eigenvalue weighted by Gasteiger charge is -2.20. The number of carboxylic acid groups (broad SMARTS) is 1. The van der Waals surface area contributed by atoms with Crippen molar-refractivity contribution in [3.05, 3.63) is 72.9 Å². The molecule has 0 rings (SSSR count). The number of ether oxygens (including phenoxy) is 2. The number of esters is 2. The van der Waals surface area contributed by atoms with Crippen LogP contribution in [0.25, 0.3) is 0 Å². The summed E-state index contributed by atoms with van der Waals surface area (Å²) in [6.45, 7) is 2.58. The first kappa shape index (κ1) is 55.9. The molecule has 0 fully saturated rings. The summed E-state index contributed by atoms with van der Waals surface area (Å²) in [5, 5.41) is 19.0. The number of aliphatic hydroxyl groups excluding tert-OH is 1. The number of allylic oxidation sites excluding steroid dienone is 10. The molecule has 0 aromatic heterocycles. The summed E-state index contributed by atoms with van der Waals surface area (Å²) in [6, 6.07) is -1.55. The number of aliphatic hydroxyl groups is 1. The molecule has 59 heavy (non-hydrogen) atoms. The molecule has 0 heterocycles. The van der Waals surface area contributed by atoms with E-state index in [9.17, 15) is 28.9 Å². The number of carbonyl (C=O) groups is 3. The average Bonchev–Trinajstić information content (AvgIpc) is 3.21. The first-order chi connectivity index (χ1) is 28.5. The normalized spacial score (nSPS) is 14.9. The van der Waals surface area contributed by atoms with Gasteiger partial charge in [-0.2, -0.15) is 0 Å². The van der Waals surface area contributed by atoms with Crippen molar-refractivity contribution in [2.75, 3.05) is 19.8 Å². The van der Waals surface area contributed by atoms with E-state index in [-0.39, 0.29) is 12.8 Å². The second kappa shape index (κ2) is 40.3. The molecule has 13 heteroatoms. The molecule has 12 nitrogen and oxygen atoms in total. The molecule has 2 unspecified atom stereocenters. The largest absolute Gasteiger partial charge is 0.480 e. The molecule has 0 spiro atoms. The van der Waals surface area contributed by atoms with E-state index in [1.165, 1.54) is 57.8 Å². The van der Waals surface area contributed by atoms with Crippen LogP contribution in [-0.2, 0) is 37.5 Å². The molecule has 0 aromatic carbocycles. The van der Waals surface area contributed by atoms with Crippen LogP contribution in [0.5, 0.6) is 0 Å². The van der Waals surface area contributed by atoms with E-state index in [1.54, 1.807) is 18.2 Å². The number of aliphatic carboxylic acids is 1. The number of unbranched alkanes of at least 4 members (excludes halogenated alkanes) is 14. The average molecular weight is 852 g/mol. The van der Waals surface area contributed by atoms with Crippen molar-refractivity contribution in [3.8, 4) is 0 Å². The van der Waals surface area contributed by atoms with Crippen LogP contribution in [0, 0.1) is 0 Å². The molecule has 338 valence electrons. The van der Waals surface area contributed by atoms with Gasteiger partial charge in [0.25, 0.3) is 0 Å². The van der Waals surface area contributed by atoms with Gasteiger partial charge in [0.1, 0.15) is 12.6 Å². The highest BCUT2D eigenvalue weighted by molar-refractivity contribution is 7.47. The van der Waals surface area contributed by atoms with Gasteiger partial charge in [-0.25, -0.2) is 4.57 Å². The van der Waals surface area contributed by atoms with Crippen LogP contribution in [-0.4, -0.2) is 71.1 Å². The predicted molar refractivity (Wildman–Crippen MR) is 237 cm³/mol. The number of hydrogen-bond donors (Lipinski definition) is 4. The first-order valence-corrected chi connectivity index (χ1v) is 23.6. The number of phosphoric acid groups is 1. The van der Waals surface area contributed by atoms with Crippen LogP contribution in [0.1, 0.15) is 162 Å². The second-order valence-corrected chi connectivity index (χ2v) is 16.1. The van der Waals surface area contributed by atoms with E-state index in [0.29, 0.717) is 25.7 Å². The number of rotatable bonds is 40. The summed E-state index contributed by atoms with van der Waals surface area (Å²) >= 11 is 0. The van der Waals surface area contributed by atoms with Crippen molar-refractivity contribution in [1.82, 2.24) is 0 Å². The van der Waals surface area contributed by atoms with Gasteiger partial charge in [-0.1, -0.05) is 145 Å². The predicted octanol–water partition coefficient (Wildman–Crippen LogP) is 10.7. The van der Waals surface area contributed by atoms with Gasteiger partial charge in [0, 0.05) is 12.8 Å². The summed E-state index contributed by atoms with van der Waals surface area (Å²) < 4.78 is 32.6. The third kappa shape index (κ3) is 40.1. The lowest BCUT2D eigenvalue weighted by Crippen LogP contribution is -2.34. The summed E-state index contributed by atoms with van der Waals surface area (Å²) in [7, 11) is -4.76. The maximum absolute atomic E-state index is 12.6. The van der Waals surface area contributed by atoms with Crippen molar-refractivity contribution in [1.29, 1.82) is 0 Å². The van der Waals surface area contributed by atoms with Gasteiger partial charge in [-0.15, -0.1) is 0 Å². The highest BCUT2D eigenvalue weighted by Gasteiger charge is 2.28. The monoisotopic (exact) mass is 852 g/mol. The second-order valence-electron chi connectivity index (χ2n) is 14.7. The molecule has 0 aliphatic carbocycles. The fourth-order valence-electron chi connectivity index (χ4n) is 5.46. The zero-order valence-corrected chi connectivity index (χ0v) is 37.1. The van der Waals surface area contributed by atoms with Gasteiger partial charge in [-0.05, 0) is 77.0 Å². The molecule has 0 saturated heterocycles. The first-order valence-electron chi connectivity index (χ1n) is 22.1. The van der Waals surface area contributed by atoms with Crippen LogP contribution in [0.2, 0.25) is 0 Å². The van der Waals surface area contributed by atoms with E-state index in [2.05, 4.69) is 54.8 Å². The van der Waals surface area contributed by atoms with Crippen LogP contribution < -0.4 is 5.73 Å². The Kier molecular flexibility index (Phi) is 38.2. The summed E-state index contributed by atoms with van der Waals surface area (Å²) in [5.74, 6) is -2.55. The lowest BCUT2D eigenvalue weighted by atomic mass is 10.1. The van der Waals surface area contributed by atoms with Crippen LogP contribution in [0.4, 0.5) is 0 Å². The number of phosphoric ester groups is 1. The number of nitrogens with two attached hydrogens (primary N) is 1. The number of hydrogen-bond acceptors (Lipinski definition) is 10. The lowest BCUT2D eigenvalue weighted by molar-refractivity contribution is -0.161. The molecular formula is C46H78NO11P.